The Kier molecular flexibility index (Phi) is 11.6. The highest BCUT2D eigenvalue weighted by Crippen LogP contribution is 2.52. The van der Waals surface area contributed by atoms with Crippen LogP contribution >= 0.6 is 15.2 Å². The molecule has 1 unspecified atom stereocenters. The summed E-state index contributed by atoms with van der Waals surface area (Å²) in [4.78, 5) is 12.6. The number of aliphatic hydroxyl groups is 1. The van der Waals surface area contributed by atoms with Crippen molar-refractivity contribution in [1.29, 1.82) is 0 Å². The van der Waals surface area contributed by atoms with Gasteiger partial charge < -0.3 is 37.2 Å². The Morgan fingerprint density at radius 3 is 2.00 bits per heavy atom. The van der Waals surface area contributed by atoms with Gasteiger partial charge in [0.05, 0.1) is 38.0 Å². The molecule has 0 aliphatic rings. The van der Waals surface area contributed by atoms with Gasteiger partial charge in [-0.3, -0.25) is 13.9 Å². The molecule has 13 heteroatoms. The molecular formula is C25H41NO10P2. The minimum atomic E-state index is -3.90. The molecule has 0 spiro atoms. The lowest BCUT2D eigenvalue weighted by Gasteiger charge is -2.23. The predicted molar refractivity (Wildman–Crippen MR) is 145 cm³/mol. The highest BCUT2D eigenvalue weighted by molar-refractivity contribution is 7.62. The Morgan fingerprint density at radius 2 is 1.53 bits per heavy atom. The number of ether oxygens (including phenoxy) is 2. The second kappa shape index (κ2) is 13.6. The summed E-state index contributed by atoms with van der Waals surface area (Å²) in [6, 6.07) is 3.10. The van der Waals surface area contributed by atoms with Gasteiger partial charge in [0.25, 0.3) is 0 Å². The van der Waals surface area contributed by atoms with E-state index in [1.54, 1.807) is 78.3 Å². The van der Waals surface area contributed by atoms with Crippen LogP contribution in [0, 0.1) is 0 Å². The maximum absolute atomic E-state index is 13.9. The summed E-state index contributed by atoms with van der Waals surface area (Å²) in [6.07, 6.45) is 0.262. The molecule has 0 fully saturated rings. The molecule has 216 valence electrons. The van der Waals surface area contributed by atoms with Crippen molar-refractivity contribution in [1.82, 2.24) is 4.57 Å². The molecule has 1 atom stereocenters. The topological polar surface area (TPSA) is 132 Å². The van der Waals surface area contributed by atoms with E-state index < -0.39 is 39.2 Å². The Morgan fingerprint density at radius 1 is 0.974 bits per heavy atom. The largest absolute Gasteiger partial charge is 0.480 e. The number of rotatable bonds is 15. The Bertz CT molecular complexity index is 1160. The maximum atomic E-state index is 13.9. The van der Waals surface area contributed by atoms with Crippen LogP contribution < -0.4 is 10.0 Å². The highest BCUT2D eigenvalue weighted by atomic mass is 31.2. The van der Waals surface area contributed by atoms with E-state index in [1.807, 2.05) is 0 Å². The van der Waals surface area contributed by atoms with Crippen molar-refractivity contribution >= 4 is 37.4 Å². The van der Waals surface area contributed by atoms with Gasteiger partial charge in [-0.15, -0.1) is 0 Å². The molecule has 2 rings (SSSR count). The lowest BCUT2D eigenvalue weighted by atomic mass is 10.1. The summed E-state index contributed by atoms with van der Waals surface area (Å²) in [5.74, 6) is -0.423. The monoisotopic (exact) mass is 577 g/mol. The third-order valence-electron chi connectivity index (χ3n) is 5.09. The molecule has 1 aromatic heterocycles. The Balaban J connectivity index is 2.74. The molecular weight excluding hydrogens is 536 g/mol. The van der Waals surface area contributed by atoms with E-state index in [0.29, 0.717) is 16.5 Å². The Hall–Kier alpha value is -1.71. The van der Waals surface area contributed by atoms with Crippen molar-refractivity contribution in [2.24, 2.45) is 0 Å². The minimum Gasteiger partial charge on any atom is -0.480 e. The number of hydrogen-bond acceptors (Lipinski definition) is 10. The number of carbonyl (C=O) groups is 1. The number of esters is 1. The quantitative estimate of drug-likeness (QED) is 0.213. The Labute approximate surface area is 224 Å². The van der Waals surface area contributed by atoms with Gasteiger partial charge in [-0.2, -0.15) is 0 Å². The summed E-state index contributed by atoms with van der Waals surface area (Å²) in [5, 5.41) is 11.1. The second-order valence-corrected chi connectivity index (χ2v) is 13.4. The molecule has 1 aromatic carbocycles. The zero-order valence-corrected chi connectivity index (χ0v) is 25.3. The van der Waals surface area contributed by atoms with Crippen LogP contribution in [0.25, 0.3) is 10.9 Å². The first kappa shape index (κ1) is 32.5. The van der Waals surface area contributed by atoms with Gasteiger partial charge in [-0.25, -0.2) is 0 Å². The zero-order chi connectivity index (χ0) is 28.7. The van der Waals surface area contributed by atoms with Crippen molar-refractivity contribution in [3.05, 3.63) is 23.9 Å². The van der Waals surface area contributed by atoms with E-state index >= 15 is 0 Å². The molecule has 0 amide bonds. The van der Waals surface area contributed by atoms with Crippen molar-refractivity contribution < 1.29 is 46.6 Å². The number of aromatic nitrogens is 1. The molecule has 1 N–H and O–H groups in total. The molecule has 0 aliphatic heterocycles. The van der Waals surface area contributed by atoms with Gasteiger partial charge in [0.1, 0.15) is 23.2 Å². The molecule has 0 radical (unpaired) electrons. The summed E-state index contributed by atoms with van der Waals surface area (Å²) >= 11 is 0. The first-order valence-electron chi connectivity index (χ1n) is 12.7. The molecule has 0 bridgehead atoms. The van der Waals surface area contributed by atoms with Crippen molar-refractivity contribution in [2.45, 2.75) is 73.6 Å². The van der Waals surface area contributed by atoms with Gasteiger partial charge in [0.15, 0.2) is 6.35 Å². The van der Waals surface area contributed by atoms with Crippen LogP contribution in [-0.4, -0.2) is 54.0 Å². The van der Waals surface area contributed by atoms with Gasteiger partial charge in [-0.1, -0.05) is 0 Å². The smallest absolute Gasteiger partial charge is 0.367 e. The van der Waals surface area contributed by atoms with Crippen molar-refractivity contribution in [2.75, 3.05) is 32.8 Å². The fourth-order valence-corrected chi connectivity index (χ4v) is 6.84. The summed E-state index contributed by atoms with van der Waals surface area (Å²) in [5.41, 5.74) is 0.300. The van der Waals surface area contributed by atoms with Crippen LogP contribution in [0.2, 0.25) is 0 Å². The summed E-state index contributed by atoms with van der Waals surface area (Å²) in [6.45, 7) is 13.9. The molecule has 0 saturated carbocycles. The summed E-state index contributed by atoms with van der Waals surface area (Å²) in [7, 11) is -7.53. The van der Waals surface area contributed by atoms with Crippen LogP contribution in [-0.2, 0) is 43.3 Å². The normalized spacial score (nSPS) is 13.6. The molecule has 0 aliphatic carbocycles. The van der Waals surface area contributed by atoms with Crippen LogP contribution in [0.1, 0.15) is 67.1 Å². The number of carbonyl (C=O) groups excluding carboxylic acids is 1. The molecule has 38 heavy (non-hydrogen) atoms. The van der Waals surface area contributed by atoms with E-state index in [9.17, 15) is 19.0 Å². The first-order chi connectivity index (χ1) is 17.7. The molecule has 2 aromatic rings. The van der Waals surface area contributed by atoms with Gasteiger partial charge in [0.2, 0.25) is 0 Å². The van der Waals surface area contributed by atoms with Gasteiger partial charge in [-0.05, 0) is 61.5 Å². The minimum absolute atomic E-state index is 0.0584. The maximum Gasteiger partial charge on any atom is 0.367 e. The molecule has 0 saturated heterocycles. The SMILES string of the molecule is CCOP(=O)(COc1cc2c(cc1P(=O)(OCC)OCC)c(C(C)O)cn2CC(=O)OC(C)(C)C)OCC. The number of benzene rings is 1. The average Bonchev–Trinajstić information content (AvgIpc) is 3.14. The average molecular weight is 578 g/mol. The third-order valence-corrected chi connectivity index (χ3v) is 8.97. The van der Waals surface area contributed by atoms with Gasteiger partial charge in [0, 0.05) is 23.2 Å². The van der Waals surface area contributed by atoms with E-state index in [1.165, 1.54) is 0 Å². The van der Waals surface area contributed by atoms with Crippen LogP contribution in [0.5, 0.6) is 5.75 Å². The first-order valence-corrected chi connectivity index (χ1v) is 16.0. The van der Waals surface area contributed by atoms with E-state index in [0.717, 1.165) is 0 Å². The fraction of sp³-hybridized carbons (Fsp3) is 0.640. The number of aliphatic hydroxyl groups excluding tert-OH is 1. The standard InChI is InChI=1S/C25H41NO10P2/c1-9-32-37(29,33-10-2)17-31-22-14-21-19(13-23(22)38(30,34-11-3)35-12-4)20(18(5)27)15-26(21)16-24(28)36-25(6,7)8/h13-15,18,27H,9-12,16-17H2,1-8H3. The van der Waals surface area contributed by atoms with E-state index in [2.05, 4.69) is 0 Å². The van der Waals surface area contributed by atoms with Crippen LogP contribution in [0.3, 0.4) is 0 Å². The second-order valence-electron chi connectivity index (χ2n) is 9.36. The van der Waals surface area contributed by atoms with Crippen LogP contribution in [0.15, 0.2) is 18.3 Å². The lowest BCUT2D eigenvalue weighted by molar-refractivity contribution is -0.155. The fourth-order valence-electron chi connectivity index (χ4n) is 3.81. The zero-order valence-electron chi connectivity index (χ0n) is 23.5. The van der Waals surface area contributed by atoms with E-state index in [4.69, 9.17) is 27.6 Å². The third kappa shape index (κ3) is 8.39. The number of nitrogens with zero attached hydrogens (tertiary/aromatic N) is 1. The summed E-state index contributed by atoms with van der Waals surface area (Å²) < 4.78 is 61.8. The predicted octanol–water partition coefficient (Wildman–Crippen LogP) is 5.53. The van der Waals surface area contributed by atoms with Crippen molar-refractivity contribution in [3.8, 4) is 5.75 Å². The van der Waals surface area contributed by atoms with Gasteiger partial charge >= 0.3 is 21.2 Å². The van der Waals surface area contributed by atoms with Crippen molar-refractivity contribution in [3.63, 3.8) is 0 Å². The van der Waals surface area contributed by atoms with Crippen LogP contribution in [0.4, 0.5) is 0 Å². The number of fused-ring (bicyclic) bond motifs is 1. The molecule has 1 heterocycles. The lowest BCUT2D eigenvalue weighted by Crippen LogP contribution is -2.26. The number of hydrogen-bond donors (Lipinski definition) is 1. The highest BCUT2D eigenvalue weighted by Gasteiger charge is 2.34. The van der Waals surface area contributed by atoms with E-state index in [-0.39, 0.29) is 44.0 Å². The molecule has 11 nitrogen and oxygen atoms in total.